The Labute approximate surface area is 109 Å². The van der Waals surface area contributed by atoms with Gasteiger partial charge in [-0.05, 0) is 12.1 Å². The normalized spacial score (nSPS) is 31.4. The van der Waals surface area contributed by atoms with Gasteiger partial charge in [0.05, 0.1) is 18.1 Å². The van der Waals surface area contributed by atoms with Crippen LogP contribution in [0.4, 0.5) is 5.69 Å². The predicted molar refractivity (Wildman–Crippen MR) is 67.5 cm³/mol. The van der Waals surface area contributed by atoms with Crippen molar-refractivity contribution < 1.29 is 19.4 Å². The number of para-hydroxylation sites is 1. The Hall–Kier alpha value is -2.14. The van der Waals surface area contributed by atoms with Crippen LogP contribution in [0.3, 0.4) is 0 Å². The molecule has 4 atom stereocenters. The lowest BCUT2D eigenvalue weighted by molar-refractivity contribution is -0.145. The summed E-state index contributed by atoms with van der Waals surface area (Å²) in [5.74, 6) is -2.79. The molecule has 2 bridgehead atoms. The van der Waals surface area contributed by atoms with Gasteiger partial charge >= 0.3 is 5.97 Å². The number of amides is 1. The Morgan fingerprint density at radius 2 is 1.68 bits per heavy atom. The monoisotopic (exact) mass is 259 g/mol. The summed E-state index contributed by atoms with van der Waals surface area (Å²) >= 11 is 0. The molecule has 0 radical (unpaired) electrons. The number of anilines is 1. The number of hydrogen-bond acceptors (Lipinski definition) is 3. The van der Waals surface area contributed by atoms with E-state index in [0.717, 1.165) is 0 Å². The maximum absolute atomic E-state index is 12.2. The first-order valence-electron chi connectivity index (χ1n) is 6.09. The van der Waals surface area contributed by atoms with Crippen LogP contribution in [0.2, 0.25) is 0 Å². The summed E-state index contributed by atoms with van der Waals surface area (Å²) < 4.78 is 5.46. The van der Waals surface area contributed by atoms with Crippen LogP contribution in [-0.4, -0.2) is 29.2 Å². The highest BCUT2D eigenvalue weighted by atomic mass is 16.5. The Kier molecular flexibility index (Phi) is 2.83. The maximum Gasteiger partial charge on any atom is 0.310 e. The van der Waals surface area contributed by atoms with Crippen LogP contribution in [0.5, 0.6) is 0 Å². The second-order valence-electron chi connectivity index (χ2n) is 4.70. The van der Waals surface area contributed by atoms with E-state index in [1.807, 2.05) is 18.2 Å². The van der Waals surface area contributed by atoms with Crippen molar-refractivity contribution in [1.82, 2.24) is 0 Å². The molecule has 19 heavy (non-hydrogen) atoms. The van der Waals surface area contributed by atoms with Crippen molar-refractivity contribution >= 4 is 17.6 Å². The van der Waals surface area contributed by atoms with Gasteiger partial charge in [-0.15, -0.1) is 0 Å². The minimum Gasteiger partial charge on any atom is -0.481 e. The topological polar surface area (TPSA) is 75.6 Å². The van der Waals surface area contributed by atoms with E-state index in [9.17, 15) is 14.7 Å². The second-order valence-corrected chi connectivity index (χ2v) is 4.70. The molecule has 3 rings (SSSR count). The smallest absolute Gasteiger partial charge is 0.310 e. The molecule has 1 amide bonds. The van der Waals surface area contributed by atoms with Crippen LogP contribution in [0.15, 0.2) is 42.5 Å². The van der Waals surface area contributed by atoms with E-state index in [4.69, 9.17) is 4.74 Å². The van der Waals surface area contributed by atoms with Crippen LogP contribution in [-0.2, 0) is 14.3 Å². The third-order valence-corrected chi connectivity index (χ3v) is 3.53. The largest absolute Gasteiger partial charge is 0.481 e. The number of carboxylic acids is 1. The van der Waals surface area contributed by atoms with E-state index in [-0.39, 0.29) is 5.91 Å². The van der Waals surface area contributed by atoms with Gasteiger partial charge in [-0.25, -0.2) is 0 Å². The van der Waals surface area contributed by atoms with Crippen LogP contribution in [0.25, 0.3) is 0 Å². The average molecular weight is 259 g/mol. The number of aliphatic carboxylic acids is 1. The number of rotatable bonds is 3. The Morgan fingerprint density at radius 3 is 2.32 bits per heavy atom. The molecule has 0 spiro atoms. The zero-order valence-corrected chi connectivity index (χ0v) is 10.0. The highest BCUT2D eigenvalue weighted by molar-refractivity contribution is 5.96. The highest BCUT2D eigenvalue weighted by Crippen LogP contribution is 2.39. The Bertz CT molecular complexity index is 540. The minimum absolute atomic E-state index is 0.310. The van der Waals surface area contributed by atoms with Crippen LogP contribution in [0.1, 0.15) is 0 Å². The standard InChI is InChI=1S/C14H13NO4/c16-13(15-8-4-2-1-3-5-8)11-9-6-7-10(19-9)12(11)14(17)18/h1-7,9-12H,(H,15,16)(H,17,18)/t9-,10-,11+,12+/m1/s1. The molecular formula is C14H13NO4. The number of carbonyl (C=O) groups is 2. The first-order valence-corrected chi connectivity index (χ1v) is 6.09. The van der Waals surface area contributed by atoms with E-state index < -0.39 is 30.0 Å². The fraction of sp³-hybridized carbons (Fsp3) is 0.286. The van der Waals surface area contributed by atoms with Crippen LogP contribution >= 0.6 is 0 Å². The van der Waals surface area contributed by atoms with Crippen molar-refractivity contribution in [2.75, 3.05) is 5.32 Å². The fourth-order valence-corrected chi connectivity index (χ4v) is 2.66. The lowest BCUT2D eigenvalue weighted by atomic mass is 9.82. The number of nitrogens with one attached hydrogen (secondary N) is 1. The summed E-state index contributed by atoms with van der Waals surface area (Å²) in [4.78, 5) is 23.5. The zero-order chi connectivity index (χ0) is 13.4. The van der Waals surface area contributed by atoms with Gasteiger partial charge in [0.25, 0.3) is 0 Å². The van der Waals surface area contributed by atoms with E-state index in [0.29, 0.717) is 5.69 Å². The van der Waals surface area contributed by atoms with Gasteiger partial charge in [0, 0.05) is 5.69 Å². The Morgan fingerprint density at radius 1 is 1.05 bits per heavy atom. The summed E-state index contributed by atoms with van der Waals surface area (Å²) in [7, 11) is 0. The lowest BCUT2D eigenvalue weighted by Crippen LogP contribution is -2.39. The molecule has 2 aliphatic rings. The first kappa shape index (κ1) is 11.9. The van der Waals surface area contributed by atoms with Crippen molar-refractivity contribution in [2.45, 2.75) is 12.2 Å². The van der Waals surface area contributed by atoms with Crippen molar-refractivity contribution in [1.29, 1.82) is 0 Å². The third-order valence-electron chi connectivity index (χ3n) is 3.53. The molecule has 5 nitrogen and oxygen atoms in total. The van der Waals surface area contributed by atoms with Crippen molar-refractivity contribution in [2.24, 2.45) is 11.8 Å². The quantitative estimate of drug-likeness (QED) is 0.802. The van der Waals surface area contributed by atoms with Gasteiger partial charge < -0.3 is 15.2 Å². The first-order chi connectivity index (χ1) is 9.16. The predicted octanol–water partition coefficient (Wildman–Crippen LogP) is 1.28. The zero-order valence-electron chi connectivity index (χ0n) is 10.0. The van der Waals surface area contributed by atoms with E-state index in [2.05, 4.69) is 5.32 Å². The third kappa shape index (κ3) is 2.02. The van der Waals surface area contributed by atoms with Gasteiger partial charge in [-0.1, -0.05) is 30.4 Å². The Balaban J connectivity index is 1.79. The number of carboxylic acid groups (broad SMARTS) is 1. The van der Waals surface area contributed by atoms with E-state index >= 15 is 0 Å². The molecule has 2 N–H and O–H groups in total. The van der Waals surface area contributed by atoms with Crippen LogP contribution < -0.4 is 5.32 Å². The van der Waals surface area contributed by atoms with E-state index in [1.54, 1.807) is 24.3 Å². The molecule has 0 aromatic heterocycles. The molecule has 98 valence electrons. The summed E-state index contributed by atoms with van der Waals surface area (Å²) in [6.07, 6.45) is 2.55. The van der Waals surface area contributed by atoms with Gasteiger partial charge in [0.2, 0.25) is 5.91 Å². The summed E-state index contributed by atoms with van der Waals surface area (Å²) in [6, 6.07) is 8.98. The molecular weight excluding hydrogens is 246 g/mol. The molecule has 2 aliphatic heterocycles. The van der Waals surface area contributed by atoms with Gasteiger partial charge in [0.1, 0.15) is 5.92 Å². The number of benzene rings is 1. The summed E-state index contributed by atoms with van der Waals surface area (Å²) in [5, 5.41) is 12.0. The number of fused-ring (bicyclic) bond motifs is 2. The SMILES string of the molecule is O=C(O)[C@@H]1[C@@H](C(=O)Nc2ccccc2)[C@H]2C=C[C@H]1O2. The molecule has 2 heterocycles. The summed E-state index contributed by atoms with van der Waals surface area (Å²) in [5.41, 5.74) is 0.656. The molecule has 0 unspecified atom stereocenters. The van der Waals surface area contributed by atoms with Gasteiger partial charge in [-0.2, -0.15) is 0 Å². The van der Waals surface area contributed by atoms with Gasteiger partial charge in [0.15, 0.2) is 0 Å². The lowest BCUT2D eigenvalue weighted by Gasteiger charge is -2.20. The number of ether oxygens (including phenoxy) is 1. The van der Waals surface area contributed by atoms with Crippen molar-refractivity contribution in [3.05, 3.63) is 42.5 Å². The highest BCUT2D eigenvalue weighted by Gasteiger charge is 2.53. The molecule has 0 saturated carbocycles. The number of hydrogen-bond donors (Lipinski definition) is 2. The van der Waals surface area contributed by atoms with E-state index in [1.165, 1.54) is 0 Å². The fourth-order valence-electron chi connectivity index (χ4n) is 2.66. The van der Waals surface area contributed by atoms with Crippen LogP contribution in [0, 0.1) is 11.8 Å². The molecule has 0 aliphatic carbocycles. The molecule has 1 aromatic rings. The maximum atomic E-state index is 12.2. The molecule has 1 aromatic carbocycles. The number of carbonyl (C=O) groups excluding carboxylic acids is 1. The molecule has 1 saturated heterocycles. The van der Waals surface area contributed by atoms with Gasteiger partial charge in [-0.3, -0.25) is 9.59 Å². The second kappa shape index (κ2) is 4.51. The average Bonchev–Trinajstić information content (AvgIpc) is 2.99. The summed E-state index contributed by atoms with van der Waals surface area (Å²) in [6.45, 7) is 0. The molecule has 1 fully saturated rings. The minimum atomic E-state index is -0.995. The van der Waals surface area contributed by atoms with Crippen molar-refractivity contribution in [3.8, 4) is 0 Å². The van der Waals surface area contributed by atoms with Crippen molar-refractivity contribution in [3.63, 3.8) is 0 Å². The molecule has 5 heteroatoms.